The van der Waals surface area contributed by atoms with E-state index in [2.05, 4.69) is 20.9 Å². The van der Waals surface area contributed by atoms with Gasteiger partial charge in [0.15, 0.2) is 0 Å². The first kappa shape index (κ1) is 21.8. The van der Waals surface area contributed by atoms with E-state index in [0.717, 1.165) is 12.8 Å². The Kier molecular flexibility index (Phi) is 5.16. The molecule has 31 heavy (non-hydrogen) atoms. The number of alkyl halides is 3. The molecule has 12 heteroatoms. The molecule has 0 saturated heterocycles. The number of aliphatic hydroxyl groups is 1. The minimum absolute atomic E-state index is 0.0465. The van der Waals surface area contributed by atoms with Gasteiger partial charge >= 0.3 is 6.18 Å². The number of pyridine rings is 1. The van der Waals surface area contributed by atoms with Gasteiger partial charge in [-0.05, 0) is 38.2 Å². The molecule has 4 aliphatic carbocycles. The summed E-state index contributed by atoms with van der Waals surface area (Å²) in [5.74, 6) is -2.16. The van der Waals surface area contributed by atoms with Crippen molar-refractivity contribution in [1.29, 1.82) is 0 Å². The molecule has 8 nitrogen and oxygen atoms in total. The van der Waals surface area contributed by atoms with Crippen LogP contribution < -0.4 is 16.0 Å². The van der Waals surface area contributed by atoms with Crippen molar-refractivity contribution in [2.24, 2.45) is 10.8 Å². The highest BCUT2D eigenvalue weighted by molar-refractivity contribution is 6.31. The van der Waals surface area contributed by atoms with Crippen molar-refractivity contribution < 1.29 is 32.7 Å². The highest BCUT2D eigenvalue weighted by atomic mass is 35.5. The van der Waals surface area contributed by atoms with E-state index in [4.69, 9.17) is 11.6 Å². The molecule has 1 atom stereocenters. The Balaban J connectivity index is 1.38. The predicted octanol–water partition coefficient (Wildman–Crippen LogP) is 1.78. The van der Waals surface area contributed by atoms with Gasteiger partial charge in [0.1, 0.15) is 11.9 Å². The van der Waals surface area contributed by atoms with E-state index < -0.39 is 40.8 Å². The molecule has 0 aromatic carbocycles. The van der Waals surface area contributed by atoms with Crippen LogP contribution in [0.3, 0.4) is 0 Å². The van der Waals surface area contributed by atoms with Gasteiger partial charge in [-0.25, -0.2) is 4.98 Å². The number of halogens is 4. The van der Waals surface area contributed by atoms with Gasteiger partial charge in [-0.1, -0.05) is 11.6 Å². The summed E-state index contributed by atoms with van der Waals surface area (Å²) in [6.45, 7) is -0.380. The zero-order chi connectivity index (χ0) is 22.6. The van der Waals surface area contributed by atoms with Gasteiger partial charge in [-0.2, -0.15) is 13.2 Å². The minimum atomic E-state index is -4.34. The van der Waals surface area contributed by atoms with Crippen LogP contribution >= 0.6 is 11.6 Å². The standard InChI is InChI=1S/C19H20ClF3N4O4/c20-9-3-11(14(29)25-5-12(28)15(30)26-10-1-2-10)13(24-4-9)27-16(31)17-6-18(7-17,8-17)19(21,22)23/h3-4,10,12,28H,1-2,5-8H2,(H,25,29)(H,26,30)(H,24,27,31). The number of carbonyl (C=O) groups excluding carboxylic acids is 3. The predicted molar refractivity (Wildman–Crippen MR) is 102 cm³/mol. The third-order valence-electron chi connectivity index (χ3n) is 6.13. The largest absolute Gasteiger partial charge is 0.394 e. The zero-order valence-corrected chi connectivity index (χ0v) is 16.9. The van der Waals surface area contributed by atoms with Crippen molar-refractivity contribution in [1.82, 2.24) is 15.6 Å². The lowest BCUT2D eigenvalue weighted by Gasteiger charge is -2.68. The van der Waals surface area contributed by atoms with Crippen LogP contribution in [0.1, 0.15) is 42.5 Å². The summed E-state index contributed by atoms with van der Waals surface area (Å²) in [6, 6.07) is 1.28. The Morgan fingerprint density at radius 2 is 1.90 bits per heavy atom. The van der Waals surface area contributed by atoms with Crippen molar-refractivity contribution in [2.75, 3.05) is 11.9 Å². The molecule has 0 radical (unpaired) electrons. The van der Waals surface area contributed by atoms with E-state index >= 15 is 0 Å². The lowest BCUT2D eigenvalue weighted by Crippen LogP contribution is -2.71. The molecule has 1 aromatic heterocycles. The van der Waals surface area contributed by atoms with Crippen molar-refractivity contribution >= 4 is 35.1 Å². The smallest absolute Gasteiger partial charge is 0.381 e. The molecule has 4 saturated carbocycles. The molecular formula is C19H20ClF3N4O4. The van der Waals surface area contributed by atoms with Gasteiger partial charge in [0.05, 0.1) is 28.0 Å². The highest BCUT2D eigenvalue weighted by Crippen LogP contribution is 2.78. The van der Waals surface area contributed by atoms with E-state index in [1.165, 1.54) is 12.3 Å². The molecule has 168 valence electrons. The monoisotopic (exact) mass is 460 g/mol. The maximum atomic E-state index is 13.0. The normalized spacial score (nSPS) is 27.4. The molecule has 3 amide bonds. The van der Waals surface area contributed by atoms with Crippen molar-refractivity contribution in [3.8, 4) is 0 Å². The fourth-order valence-corrected chi connectivity index (χ4v) is 4.34. The number of amides is 3. The van der Waals surface area contributed by atoms with Crippen LogP contribution in [-0.4, -0.2) is 52.7 Å². The van der Waals surface area contributed by atoms with Gasteiger partial charge in [-0.3, -0.25) is 14.4 Å². The van der Waals surface area contributed by atoms with Crippen molar-refractivity contribution in [3.05, 3.63) is 22.8 Å². The summed E-state index contributed by atoms with van der Waals surface area (Å²) < 4.78 is 39.1. The van der Waals surface area contributed by atoms with Crippen LogP contribution in [0.2, 0.25) is 5.02 Å². The number of nitrogens with zero attached hydrogens (tertiary/aromatic N) is 1. The molecule has 5 rings (SSSR count). The quantitative estimate of drug-likeness (QED) is 0.494. The summed E-state index contributed by atoms with van der Waals surface area (Å²) in [6.07, 6.45) is -3.79. The molecule has 1 unspecified atom stereocenters. The number of nitrogens with one attached hydrogen (secondary N) is 3. The lowest BCUT2D eigenvalue weighted by molar-refractivity contribution is -0.349. The maximum Gasteiger partial charge on any atom is 0.394 e. The van der Waals surface area contributed by atoms with Crippen LogP contribution in [0.25, 0.3) is 0 Å². The Morgan fingerprint density at radius 1 is 1.26 bits per heavy atom. The Morgan fingerprint density at radius 3 is 2.48 bits per heavy atom. The SMILES string of the molecule is O=C(NCC(O)C(=O)NC1CC1)c1cc(Cl)cnc1NC(=O)C12CC(C(F)(F)F)(C1)C2. The topological polar surface area (TPSA) is 120 Å². The maximum absolute atomic E-state index is 13.0. The Labute approximate surface area is 179 Å². The van der Waals surface area contributed by atoms with E-state index in [1.807, 2.05) is 0 Å². The third kappa shape index (κ3) is 3.96. The van der Waals surface area contributed by atoms with Crippen LogP contribution in [0.5, 0.6) is 0 Å². The second-order valence-electron chi connectivity index (χ2n) is 8.60. The van der Waals surface area contributed by atoms with Crippen LogP contribution in [0.15, 0.2) is 12.3 Å². The Bertz CT molecular complexity index is 931. The molecule has 4 fully saturated rings. The minimum Gasteiger partial charge on any atom is -0.381 e. The fourth-order valence-electron chi connectivity index (χ4n) is 4.18. The lowest BCUT2D eigenvalue weighted by atomic mass is 9.34. The molecule has 4 aliphatic rings. The number of hydrogen-bond donors (Lipinski definition) is 4. The number of anilines is 1. The average Bonchev–Trinajstić information content (AvgIpc) is 3.41. The van der Waals surface area contributed by atoms with Gasteiger partial charge in [-0.15, -0.1) is 0 Å². The van der Waals surface area contributed by atoms with Gasteiger partial charge in [0.25, 0.3) is 11.8 Å². The molecular weight excluding hydrogens is 441 g/mol. The van der Waals surface area contributed by atoms with E-state index in [9.17, 15) is 32.7 Å². The second-order valence-corrected chi connectivity index (χ2v) is 9.04. The molecule has 2 bridgehead atoms. The van der Waals surface area contributed by atoms with Crippen LogP contribution in [-0.2, 0) is 9.59 Å². The number of aromatic nitrogens is 1. The van der Waals surface area contributed by atoms with Crippen LogP contribution in [0, 0.1) is 10.8 Å². The Hall–Kier alpha value is -2.40. The summed E-state index contributed by atoms with van der Waals surface area (Å²) >= 11 is 5.89. The number of aliphatic hydroxyl groups excluding tert-OH is 1. The van der Waals surface area contributed by atoms with Crippen molar-refractivity contribution in [3.63, 3.8) is 0 Å². The zero-order valence-electron chi connectivity index (χ0n) is 16.2. The van der Waals surface area contributed by atoms with E-state index in [1.54, 1.807) is 0 Å². The summed E-state index contributed by atoms with van der Waals surface area (Å²) in [4.78, 5) is 40.8. The first-order chi connectivity index (χ1) is 14.4. The summed E-state index contributed by atoms with van der Waals surface area (Å²) in [7, 11) is 0. The summed E-state index contributed by atoms with van der Waals surface area (Å²) in [5.41, 5.74) is -3.02. The number of carbonyl (C=O) groups is 3. The molecule has 1 heterocycles. The van der Waals surface area contributed by atoms with Gasteiger partial charge in [0.2, 0.25) is 5.91 Å². The molecule has 0 spiro atoms. The van der Waals surface area contributed by atoms with Gasteiger partial charge in [0, 0.05) is 12.2 Å². The number of rotatable bonds is 7. The third-order valence-corrected chi connectivity index (χ3v) is 6.33. The average molecular weight is 461 g/mol. The number of hydrogen-bond acceptors (Lipinski definition) is 5. The molecule has 0 aliphatic heterocycles. The second kappa shape index (κ2) is 7.33. The highest BCUT2D eigenvalue weighted by Gasteiger charge is 2.80. The van der Waals surface area contributed by atoms with Gasteiger partial charge < -0.3 is 21.1 Å². The van der Waals surface area contributed by atoms with Crippen molar-refractivity contribution in [2.45, 2.75) is 50.4 Å². The van der Waals surface area contributed by atoms with Crippen LogP contribution in [0.4, 0.5) is 19.0 Å². The molecule has 4 N–H and O–H groups in total. The fraction of sp³-hybridized carbons (Fsp3) is 0.579. The molecule has 1 aromatic rings. The van der Waals surface area contributed by atoms with E-state index in [0.29, 0.717) is 0 Å². The first-order valence-corrected chi connectivity index (χ1v) is 10.1. The first-order valence-electron chi connectivity index (χ1n) is 9.75. The van der Waals surface area contributed by atoms with E-state index in [-0.39, 0.29) is 48.3 Å². The summed E-state index contributed by atoms with van der Waals surface area (Å²) in [5, 5.41) is 17.4.